The molecule has 0 aliphatic heterocycles. The Balaban J connectivity index is 2.65. The van der Waals surface area contributed by atoms with Gasteiger partial charge in [-0.25, -0.2) is 0 Å². The summed E-state index contributed by atoms with van der Waals surface area (Å²) in [5, 5.41) is 0.540. The van der Waals surface area contributed by atoms with Crippen molar-refractivity contribution in [1.29, 1.82) is 0 Å². The van der Waals surface area contributed by atoms with E-state index in [9.17, 15) is 9.59 Å². The third kappa shape index (κ3) is 2.01. The number of carbonyl (C=O) groups excluding carboxylic acids is 1. The maximum atomic E-state index is 11.9. The molecule has 0 atom stereocenters. The minimum absolute atomic E-state index is 0.0186. The van der Waals surface area contributed by atoms with Crippen LogP contribution < -0.4 is 9.89 Å². The summed E-state index contributed by atoms with van der Waals surface area (Å²) in [6, 6.07) is 7.03. The first kappa shape index (κ1) is 10.1. The van der Waals surface area contributed by atoms with Gasteiger partial charge in [-0.05, 0) is 0 Å². The van der Waals surface area contributed by atoms with Gasteiger partial charge in [0.2, 0.25) is 0 Å². The van der Waals surface area contributed by atoms with E-state index in [4.69, 9.17) is 4.42 Å². The first-order valence-electron chi connectivity index (χ1n) is 4.37. The standard InChI is InChI=1S/C11H8O3Se/c1-7(12)15-10-6-14-9-5-3-2-4-8(9)11(10)13/h2-6H,1H3. The van der Waals surface area contributed by atoms with Crippen LogP contribution in [0.5, 0.6) is 0 Å². The van der Waals surface area contributed by atoms with Gasteiger partial charge in [-0.15, -0.1) is 0 Å². The van der Waals surface area contributed by atoms with Crippen LogP contribution in [0.4, 0.5) is 0 Å². The summed E-state index contributed by atoms with van der Waals surface area (Å²) >= 11 is -0.440. The molecule has 0 aliphatic carbocycles. The predicted molar refractivity (Wildman–Crippen MR) is 58.6 cm³/mol. The van der Waals surface area contributed by atoms with E-state index in [2.05, 4.69) is 0 Å². The molecule has 3 nitrogen and oxygen atoms in total. The number of para-hydroxylation sites is 1. The molecule has 1 heterocycles. The summed E-state index contributed by atoms with van der Waals surface area (Å²) in [6.45, 7) is 1.48. The van der Waals surface area contributed by atoms with E-state index in [1.807, 2.05) is 0 Å². The van der Waals surface area contributed by atoms with E-state index in [1.54, 1.807) is 24.3 Å². The molecule has 2 aromatic rings. The van der Waals surface area contributed by atoms with Crippen molar-refractivity contribution >= 4 is 35.1 Å². The van der Waals surface area contributed by atoms with Gasteiger partial charge in [-0.2, -0.15) is 0 Å². The zero-order valence-corrected chi connectivity index (χ0v) is 9.73. The number of hydrogen-bond donors (Lipinski definition) is 0. The number of hydrogen-bond acceptors (Lipinski definition) is 3. The van der Waals surface area contributed by atoms with Crippen molar-refractivity contribution in [3.05, 3.63) is 40.8 Å². The summed E-state index contributed by atoms with van der Waals surface area (Å²) in [6.07, 6.45) is 1.39. The Kier molecular flexibility index (Phi) is 2.71. The van der Waals surface area contributed by atoms with Gasteiger partial charge in [0.1, 0.15) is 0 Å². The maximum absolute atomic E-state index is 11.9. The number of fused-ring (bicyclic) bond motifs is 1. The summed E-state index contributed by atoms with van der Waals surface area (Å²) in [5.74, 6) is 0. The molecule has 0 saturated carbocycles. The zero-order chi connectivity index (χ0) is 10.8. The molecule has 0 bridgehead atoms. The molecule has 0 unspecified atom stereocenters. The first-order valence-corrected chi connectivity index (χ1v) is 6.09. The molecular weight excluding hydrogens is 259 g/mol. The summed E-state index contributed by atoms with van der Waals surface area (Å²) in [5.41, 5.74) is 0.470. The van der Waals surface area contributed by atoms with Crippen LogP contribution >= 0.6 is 0 Å². The van der Waals surface area contributed by atoms with Crippen LogP contribution in [0.25, 0.3) is 11.0 Å². The van der Waals surface area contributed by atoms with Crippen molar-refractivity contribution in [2.75, 3.05) is 0 Å². The van der Waals surface area contributed by atoms with Gasteiger partial charge >= 0.3 is 92.0 Å². The zero-order valence-electron chi connectivity index (χ0n) is 8.02. The van der Waals surface area contributed by atoms with Crippen LogP contribution in [0.15, 0.2) is 39.7 Å². The number of rotatable bonds is 2. The second kappa shape index (κ2) is 4.01. The second-order valence-corrected chi connectivity index (χ2v) is 5.58. The molecule has 0 aliphatic rings. The number of benzene rings is 1. The van der Waals surface area contributed by atoms with E-state index in [0.717, 1.165) is 0 Å². The Hall–Kier alpha value is -1.38. The van der Waals surface area contributed by atoms with Crippen LogP contribution in [0.1, 0.15) is 6.92 Å². The number of carbonyl (C=O) groups is 1. The van der Waals surface area contributed by atoms with Gasteiger partial charge < -0.3 is 0 Å². The fraction of sp³-hybridized carbons (Fsp3) is 0.0909. The molecule has 0 spiro atoms. The predicted octanol–water partition coefficient (Wildman–Crippen LogP) is 0.669. The van der Waals surface area contributed by atoms with Gasteiger partial charge in [-0.3, -0.25) is 0 Å². The molecular formula is C11H8O3Se. The van der Waals surface area contributed by atoms with Gasteiger partial charge in [0.15, 0.2) is 0 Å². The fourth-order valence-corrected chi connectivity index (χ4v) is 2.56. The normalized spacial score (nSPS) is 10.5. The Morgan fingerprint density at radius 2 is 2.07 bits per heavy atom. The van der Waals surface area contributed by atoms with Gasteiger partial charge in [0, 0.05) is 0 Å². The van der Waals surface area contributed by atoms with Gasteiger partial charge in [0.25, 0.3) is 0 Å². The van der Waals surface area contributed by atoms with E-state index in [1.165, 1.54) is 13.2 Å². The first-order chi connectivity index (χ1) is 7.18. The third-order valence-corrected chi connectivity index (χ3v) is 3.56. The molecule has 1 aromatic carbocycles. The van der Waals surface area contributed by atoms with Crippen LogP contribution in [-0.2, 0) is 4.79 Å². The quantitative estimate of drug-likeness (QED) is 0.751. The molecule has 0 fully saturated rings. The van der Waals surface area contributed by atoms with Crippen molar-refractivity contribution < 1.29 is 9.21 Å². The Morgan fingerprint density at radius 1 is 1.33 bits per heavy atom. The molecule has 0 amide bonds. The summed E-state index contributed by atoms with van der Waals surface area (Å²) < 4.78 is 5.79. The van der Waals surface area contributed by atoms with Crippen molar-refractivity contribution in [3.8, 4) is 0 Å². The monoisotopic (exact) mass is 268 g/mol. The van der Waals surface area contributed by atoms with Crippen molar-refractivity contribution in [2.45, 2.75) is 6.92 Å². The molecule has 0 radical (unpaired) electrons. The van der Waals surface area contributed by atoms with E-state index in [-0.39, 0.29) is 10.1 Å². The molecule has 0 saturated heterocycles. The Bertz CT molecular complexity index is 571. The van der Waals surface area contributed by atoms with Gasteiger partial charge in [0.05, 0.1) is 0 Å². The minimum atomic E-state index is -0.440. The fourth-order valence-electron chi connectivity index (χ4n) is 1.29. The van der Waals surface area contributed by atoms with Crippen LogP contribution in [0.3, 0.4) is 0 Å². The Labute approximate surface area is 92.3 Å². The van der Waals surface area contributed by atoms with E-state index >= 15 is 0 Å². The third-order valence-electron chi connectivity index (χ3n) is 1.90. The van der Waals surface area contributed by atoms with Gasteiger partial charge in [-0.1, -0.05) is 0 Å². The average molecular weight is 267 g/mol. The van der Waals surface area contributed by atoms with Crippen molar-refractivity contribution in [3.63, 3.8) is 0 Å². The SMILES string of the molecule is CC(=O)[Se]c1coc2ccccc2c1=O. The average Bonchev–Trinajstić information content (AvgIpc) is 2.22. The second-order valence-electron chi connectivity index (χ2n) is 3.02. The van der Waals surface area contributed by atoms with E-state index < -0.39 is 15.0 Å². The molecule has 2 rings (SSSR count). The van der Waals surface area contributed by atoms with Crippen molar-refractivity contribution in [2.24, 2.45) is 0 Å². The van der Waals surface area contributed by atoms with Crippen LogP contribution in [0.2, 0.25) is 0 Å². The molecule has 1 aromatic heterocycles. The van der Waals surface area contributed by atoms with E-state index in [0.29, 0.717) is 15.4 Å². The summed E-state index contributed by atoms with van der Waals surface area (Å²) in [4.78, 5) is 22.8. The molecule has 15 heavy (non-hydrogen) atoms. The van der Waals surface area contributed by atoms with Crippen LogP contribution in [-0.4, -0.2) is 19.6 Å². The van der Waals surface area contributed by atoms with Crippen molar-refractivity contribution in [1.82, 2.24) is 0 Å². The molecule has 76 valence electrons. The summed E-state index contributed by atoms with van der Waals surface area (Å²) in [7, 11) is 0. The molecule has 4 heteroatoms. The molecule has 0 N–H and O–H groups in total. The Morgan fingerprint density at radius 3 is 2.80 bits per heavy atom. The topological polar surface area (TPSA) is 47.3 Å². The van der Waals surface area contributed by atoms with Crippen LogP contribution in [0, 0.1) is 0 Å².